The Hall–Kier alpha value is -1.38. The minimum absolute atomic E-state index is 0.0303. The topological polar surface area (TPSA) is 106 Å². The maximum atomic E-state index is 12.5. The van der Waals surface area contributed by atoms with Crippen molar-refractivity contribution in [2.45, 2.75) is 97.0 Å². The van der Waals surface area contributed by atoms with Gasteiger partial charge in [-0.3, -0.25) is 4.79 Å². The monoisotopic (exact) mass is 430 g/mol. The molecule has 1 unspecified atom stereocenters. The van der Waals surface area contributed by atoms with E-state index in [0.29, 0.717) is 12.3 Å². The number of hydrogen-bond donors (Lipinski definition) is 3. The molecule has 1 fully saturated rings. The third-order valence-electron chi connectivity index (χ3n) is 5.18. The maximum Gasteiger partial charge on any atom is 0.407 e. The molecule has 1 aliphatic carbocycles. The Kier molecular flexibility index (Phi) is 11.7. The average Bonchev–Trinajstić information content (AvgIpc) is 2.65. The maximum absolute atomic E-state index is 12.5. The molecule has 0 aromatic rings. The number of aliphatic hydroxyl groups is 1. The van der Waals surface area contributed by atoms with E-state index in [-0.39, 0.29) is 25.2 Å². The van der Waals surface area contributed by atoms with Crippen molar-refractivity contribution in [3.63, 3.8) is 0 Å². The molecule has 0 aromatic heterocycles. The number of methoxy groups -OCH3 is 1. The van der Waals surface area contributed by atoms with E-state index in [4.69, 9.17) is 14.2 Å². The van der Waals surface area contributed by atoms with Crippen LogP contribution in [0, 0.1) is 11.8 Å². The predicted molar refractivity (Wildman–Crippen MR) is 115 cm³/mol. The highest BCUT2D eigenvalue weighted by Gasteiger charge is 2.34. The lowest BCUT2D eigenvalue weighted by molar-refractivity contribution is -0.132. The Bertz CT molecular complexity index is 514. The zero-order chi connectivity index (χ0) is 22.7. The molecular weight excluding hydrogens is 388 g/mol. The van der Waals surface area contributed by atoms with Crippen molar-refractivity contribution >= 4 is 12.0 Å². The van der Waals surface area contributed by atoms with Crippen molar-refractivity contribution in [2.75, 3.05) is 20.4 Å². The molecular formula is C22H42N2O6. The summed E-state index contributed by atoms with van der Waals surface area (Å²) in [5, 5.41) is 16.5. The van der Waals surface area contributed by atoms with Crippen LogP contribution in [-0.4, -0.2) is 61.4 Å². The van der Waals surface area contributed by atoms with Gasteiger partial charge >= 0.3 is 6.09 Å². The summed E-state index contributed by atoms with van der Waals surface area (Å²) in [6, 6.07) is -0.468. The van der Waals surface area contributed by atoms with E-state index in [0.717, 1.165) is 12.8 Å². The predicted octanol–water partition coefficient (Wildman–Crippen LogP) is 2.97. The highest BCUT2D eigenvalue weighted by Crippen LogP contribution is 2.29. The number of hydrogen-bond acceptors (Lipinski definition) is 6. The number of rotatable bonds is 11. The second kappa shape index (κ2) is 13.1. The number of aliphatic hydroxyl groups excluding tert-OH is 1. The van der Waals surface area contributed by atoms with Gasteiger partial charge in [-0.15, -0.1) is 0 Å². The van der Waals surface area contributed by atoms with E-state index in [9.17, 15) is 14.7 Å². The van der Waals surface area contributed by atoms with Crippen molar-refractivity contribution in [3.8, 4) is 0 Å². The third kappa shape index (κ3) is 10.6. The minimum Gasteiger partial charge on any atom is -0.444 e. The Morgan fingerprint density at radius 1 is 1.13 bits per heavy atom. The molecule has 30 heavy (non-hydrogen) atoms. The summed E-state index contributed by atoms with van der Waals surface area (Å²) in [5.41, 5.74) is -0.633. The molecule has 0 bridgehead atoms. The Morgan fingerprint density at radius 3 is 2.30 bits per heavy atom. The summed E-state index contributed by atoms with van der Waals surface area (Å²) in [6.45, 7) is 8.99. The molecule has 3 N–H and O–H groups in total. The van der Waals surface area contributed by atoms with Crippen LogP contribution >= 0.6 is 0 Å². The van der Waals surface area contributed by atoms with Crippen molar-refractivity contribution in [2.24, 2.45) is 11.8 Å². The summed E-state index contributed by atoms with van der Waals surface area (Å²) in [6.07, 6.45) is 4.11. The molecule has 0 saturated heterocycles. The van der Waals surface area contributed by atoms with Crippen LogP contribution in [0.5, 0.6) is 0 Å². The van der Waals surface area contributed by atoms with Gasteiger partial charge in [-0.25, -0.2) is 4.79 Å². The first-order valence-electron chi connectivity index (χ1n) is 11.1. The van der Waals surface area contributed by atoms with Gasteiger partial charge in [0.1, 0.15) is 18.5 Å². The van der Waals surface area contributed by atoms with Crippen molar-refractivity contribution < 1.29 is 28.9 Å². The van der Waals surface area contributed by atoms with E-state index in [1.54, 1.807) is 34.6 Å². The van der Waals surface area contributed by atoms with Gasteiger partial charge in [0, 0.05) is 19.6 Å². The lowest BCUT2D eigenvalue weighted by Gasteiger charge is -2.35. The number of carbonyl (C=O) groups is 2. The molecule has 8 heteroatoms. The van der Waals surface area contributed by atoms with E-state index in [1.165, 1.54) is 26.4 Å². The normalized spacial score (nSPS) is 18.5. The molecule has 3 atom stereocenters. The van der Waals surface area contributed by atoms with Gasteiger partial charge in [0.05, 0.1) is 12.1 Å². The highest BCUT2D eigenvalue weighted by molar-refractivity contribution is 5.77. The molecule has 0 heterocycles. The number of ether oxygens (including phenoxy) is 3. The van der Waals surface area contributed by atoms with Gasteiger partial charge in [-0.2, -0.15) is 0 Å². The molecule has 0 spiro atoms. The lowest BCUT2D eigenvalue weighted by Crippen LogP contribution is -2.54. The van der Waals surface area contributed by atoms with Gasteiger partial charge < -0.3 is 30.0 Å². The summed E-state index contributed by atoms with van der Waals surface area (Å²) < 4.78 is 16.3. The van der Waals surface area contributed by atoms with E-state index >= 15 is 0 Å². The van der Waals surface area contributed by atoms with E-state index in [2.05, 4.69) is 10.6 Å². The molecule has 0 radical (unpaired) electrons. The Labute approximate surface area is 181 Å². The van der Waals surface area contributed by atoms with Crippen LogP contribution in [0.25, 0.3) is 0 Å². The number of carbonyl (C=O) groups excluding carboxylic acids is 2. The van der Waals surface area contributed by atoms with Crippen molar-refractivity contribution in [3.05, 3.63) is 0 Å². The molecule has 0 aliphatic heterocycles. The molecule has 1 rings (SSSR count). The second-order valence-corrected chi connectivity index (χ2v) is 9.50. The smallest absolute Gasteiger partial charge is 0.407 e. The fraction of sp³-hybridized carbons (Fsp3) is 0.909. The van der Waals surface area contributed by atoms with Gasteiger partial charge in [-0.1, -0.05) is 46.0 Å². The van der Waals surface area contributed by atoms with Gasteiger partial charge in [-0.05, 0) is 33.1 Å². The Balaban J connectivity index is 2.93. The summed E-state index contributed by atoms with van der Waals surface area (Å²) >= 11 is 0. The fourth-order valence-corrected chi connectivity index (χ4v) is 3.68. The Morgan fingerprint density at radius 2 is 1.77 bits per heavy atom. The second-order valence-electron chi connectivity index (χ2n) is 9.50. The third-order valence-corrected chi connectivity index (χ3v) is 5.18. The summed E-state index contributed by atoms with van der Waals surface area (Å²) in [4.78, 5) is 24.4. The minimum atomic E-state index is -1.01. The zero-order valence-corrected chi connectivity index (χ0v) is 19.5. The van der Waals surface area contributed by atoms with Crippen molar-refractivity contribution in [1.29, 1.82) is 0 Å². The van der Waals surface area contributed by atoms with Crippen LogP contribution in [0.2, 0.25) is 0 Å². The molecule has 1 saturated carbocycles. The van der Waals surface area contributed by atoms with Crippen LogP contribution in [0.1, 0.15) is 73.1 Å². The molecule has 1 aliphatic rings. The van der Waals surface area contributed by atoms with Gasteiger partial charge in [0.25, 0.3) is 0 Å². The first kappa shape index (κ1) is 26.7. The number of nitrogens with one attached hydrogen (secondary N) is 2. The quantitative estimate of drug-likeness (QED) is 0.435. The molecule has 0 aromatic carbocycles. The average molecular weight is 431 g/mol. The van der Waals surface area contributed by atoms with Crippen LogP contribution in [-0.2, 0) is 19.0 Å². The largest absolute Gasteiger partial charge is 0.444 e. The number of amides is 2. The van der Waals surface area contributed by atoms with E-state index < -0.39 is 29.9 Å². The standard InChI is InChI=1S/C22H42N2O6/c1-15(2)20(26)23-13-18(25)19(29-14-28-6)17(12-16-10-8-7-9-11-16)24-21(27)30-22(3,4)5/h15-19,25H,7-14H2,1-6H3,(H,23,26)(H,24,27)/t17-,18?,19+/m0/s1. The fourth-order valence-electron chi connectivity index (χ4n) is 3.68. The first-order valence-corrected chi connectivity index (χ1v) is 11.1. The van der Waals surface area contributed by atoms with Crippen molar-refractivity contribution in [1.82, 2.24) is 10.6 Å². The van der Waals surface area contributed by atoms with Crippen LogP contribution in [0.15, 0.2) is 0 Å². The molecule has 2 amide bonds. The first-order chi connectivity index (χ1) is 14.0. The highest BCUT2D eigenvalue weighted by atomic mass is 16.7. The molecule has 176 valence electrons. The number of alkyl carbamates (subject to hydrolysis) is 1. The van der Waals surface area contributed by atoms with Gasteiger partial charge in [0.2, 0.25) is 5.91 Å². The van der Waals surface area contributed by atoms with E-state index in [1.807, 2.05) is 0 Å². The SMILES string of the molecule is COCO[C@@H](C(O)CNC(=O)C(C)C)[C@H](CC1CCCCC1)NC(=O)OC(C)(C)C. The lowest BCUT2D eigenvalue weighted by atomic mass is 9.83. The van der Waals surface area contributed by atoms with Crippen LogP contribution < -0.4 is 10.6 Å². The van der Waals surface area contributed by atoms with Gasteiger partial charge in [0.15, 0.2) is 0 Å². The summed E-state index contributed by atoms with van der Waals surface area (Å²) in [5.74, 6) is 0.0988. The summed E-state index contributed by atoms with van der Waals surface area (Å²) in [7, 11) is 1.50. The zero-order valence-electron chi connectivity index (χ0n) is 19.5. The molecule has 8 nitrogen and oxygen atoms in total. The van der Waals surface area contributed by atoms with Crippen LogP contribution in [0.3, 0.4) is 0 Å². The van der Waals surface area contributed by atoms with Crippen LogP contribution in [0.4, 0.5) is 4.79 Å².